The van der Waals surface area contributed by atoms with Crippen molar-refractivity contribution in [3.8, 4) is 0 Å². The molecule has 1 heterocycles. The number of amides is 1. The summed E-state index contributed by atoms with van der Waals surface area (Å²) in [5, 5.41) is 0. The molecule has 2 nitrogen and oxygen atoms in total. The van der Waals surface area contributed by atoms with Crippen molar-refractivity contribution >= 4 is 21.8 Å². The Balaban J connectivity index is 2.27. The lowest BCUT2D eigenvalue weighted by molar-refractivity contribution is 0.0719. The highest BCUT2D eigenvalue weighted by molar-refractivity contribution is 9.10. The number of nitrogens with zero attached hydrogens (tertiary/aromatic N) is 1. The van der Waals surface area contributed by atoms with Gasteiger partial charge in [0.1, 0.15) is 5.82 Å². The van der Waals surface area contributed by atoms with Crippen molar-refractivity contribution in [3.05, 3.63) is 33.5 Å². The first kappa shape index (κ1) is 12.6. The van der Waals surface area contributed by atoms with E-state index in [-0.39, 0.29) is 11.5 Å². The number of benzene rings is 1. The summed E-state index contributed by atoms with van der Waals surface area (Å²) in [4.78, 5) is 13.9. The molecule has 0 spiro atoms. The van der Waals surface area contributed by atoms with Gasteiger partial charge in [-0.15, -0.1) is 0 Å². The largest absolute Gasteiger partial charge is 0.339 e. The van der Waals surface area contributed by atoms with Gasteiger partial charge < -0.3 is 4.90 Å². The Morgan fingerprint density at radius 2 is 1.94 bits per heavy atom. The summed E-state index contributed by atoms with van der Waals surface area (Å²) < 4.78 is 14.7. The first-order chi connectivity index (χ1) is 8.11. The fraction of sp³-hybridized carbons (Fsp3) is 0.462. The molecule has 1 fully saturated rings. The van der Waals surface area contributed by atoms with Crippen molar-refractivity contribution < 1.29 is 9.18 Å². The SMILES string of the molecule is Cc1c(Br)ccc(C(=O)N2CCCCC2)c1F. The lowest BCUT2D eigenvalue weighted by atomic mass is 10.1. The molecule has 92 valence electrons. The zero-order valence-electron chi connectivity index (χ0n) is 9.80. The molecule has 0 bridgehead atoms. The van der Waals surface area contributed by atoms with Crippen LogP contribution in [0.15, 0.2) is 16.6 Å². The molecule has 1 amide bonds. The minimum Gasteiger partial charge on any atom is -0.339 e. The lowest BCUT2D eigenvalue weighted by Crippen LogP contribution is -2.36. The number of rotatable bonds is 1. The average Bonchev–Trinajstić information content (AvgIpc) is 2.36. The van der Waals surface area contributed by atoms with Crippen LogP contribution in [0.3, 0.4) is 0 Å². The van der Waals surface area contributed by atoms with Crippen LogP contribution in [0.5, 0.6) is 0 Å². The Hall–Kier alpha value is -0.900. The molecule has 0 aliphatic carbocycles. The first-order valence-electron chi connectivity index (χ1n) is 5.85. The van der Waals surface area contributed by atoms with Crippen LogP contribution in [-0.2, 0) is 0 Å². The summed E-state index contributed by atoms with van der Waals surface area (Å²) in [5.41, 5.74) is 0.681. The topological polar surface area (TPSA) is 20.3 Å². The monoisotopic (exact) mass is 299 g/mol. The van der Waals surface area contributed by atoms with Gasteiger partial charge in [-0.1, -0.05) is 15.9 Å². The molecule has 0 N–H and O–H groups in total. The molecule has 1 aliphatic rings. The predicted molar refractivity (Wildman–Crippen MR) is 68.6 cm³/mol. The Kier molecular flexibility index (Phi) is 3.82. The number of likely N-dealkylation sites (tertiary alicyclic amines) is 1. The van der Waals surface area contributed by atoms with Gasteiger partial charge in [0.05, 0.1) is 5.56 Å². The molecule has 0 atom stereocenters. The molecule has 0 saturated carbocycles. The highest BCUT2D eigenvalue weighted by atomic mass is 79.9. The minimum atomic E-state index is -0.407. The summed E-state index contributed by atoms with van der Waals surface area (Å²) in [6, 6.07) is 3.29. The molecule has 1 saturated heterocycles. The third kappa shape index (κ3) is 2.51. The van der Waals surface area contributed by atoms with E-state index in [1.807, 2.05) is 0 Å². The van der Waals surface area contributed by atoms with Gasteiger partial charge in [-0.05, 0) is 43.9 Å². The van der Waals surface area contributed by atoms with Crippen LogP contribution in [-0.4, -0.2) is 23.9 Å². The van der Waals surface area contributed by atoms with E-state index in [1.165, 1.54) is 0 Å². The maximum absolute atomic E-state index is 14.0. The normalized spacial score (nSPS) is 16.1. The molecule has 17 heavy (non-hydrogen) atoms. The molecule has 0 radical (unpaired) electrons. The number of piperidine rings is 1. The lowest BCUT2D eigenvalue weighted by Gasteiger charge is -2.27. The van der Waals surface area contributed by atoms with E-state index in [0.29, 0.717) is 10.0 Å². The summed E-state index contributed by atoms with van der Waals surface area (Å²) >= 11 is 3.26. The summed E-state index contributed by atoms with van der Waals surface area (Å²) in [5.74, 6) is -0.590. The highest BCUT2D eigenvalue weighted by Gasteiger charge is 2.22. The van der Waals surface area contributed by atoms with Crippen molar-refractivity contribution in [3.63, 3.8) is 0 Å². The van der Waals surface area contributed by atoms with Gasteiger partial charge >= 0.3 is 0 Å². The Bertz CT molecular complexity index is 441. The summed E-state index contributed by atoms with van der Waals surface area (Å²) in [6.07, 6.45) is 3.19. The van der Waals surface area contributed by atoms with E-state index >= 15 is 0 Å². The van der Waals surface area contributed by atoms with E-state index in [4.69, 9.17) is 0 Å². The zero-order valence-corrected chi connectivity index (χ0v) is 11.4. The number of hydrogen-bond acceptors (Lipinski definition) is 1. The standard InChI is InChI=1S/C13H15BrFNO/c1-9-11(14)6-5-10(12(9)15)13(17)16-7-3-2-4-8-16/h5-6H,2-4,7-8H2,1H3. The van der Waals surface area contributed by atoms with Gasteiger partial charge in [-0.2, -0.15) is 0 Å². The quantitative estimate of drug-likeness (QED) is 0.777. The second kappa shape index (κ2) is 5.17. The van der Waals surface area contributed by atoms with Crippen LogP contribution in [0.25, 0.3) is 0 Å². The van der Waals surface area contributed by atoms with Gasteiger partial charge in [-0.25, -0.2) is 4.39 Å². The maximum atomic E-state index is 14.0. The molecule has 1 aromatic rings. The average molecular weight is 300 g/mol. The third-order valence-electron chi connectivity index (χ3n) is 3.19. The van der Waals surface area contributed by atoms with Crippen LogP contribution in [0, 0.1) is 12.7 Å². The van der Waals surface area contributed by atoms with E-state index < -0.39 is 5.82 Å². The highest BCUT2D eigenvalue weighted by Crippen LogP contribution is 2.23. The van der Waals surface area contributed by atoms with E-state index in [9.17, 15) is 9.18 Å². The zero-order chi connectivity index (χ0) is 12.4. The molecule has 0 unspecified atom stereocenters. The van der Waals surface area contributed by atoms with Gasteiger partial charge in [0.15, 0.2) is 0 Å². The maximum Gasteiger partial charge on any atom is 0.256 e. The fourth-order valence-electron chi connectivity index (χ4n) is 2.09. The van der Waals surface area contributed by atoms with Crippen molar-refractivity contribution in [1.82, 2.24) is 4.90 Å². The molecular weight excluding hydrogens is 285 g/mol. The van der Waals surface area contributed by atoms with Crippen LogP contribution in [0.2, 0.25) is 0 Å². The Morgan fingerprint density at radius 3 is 2.59 bits per heavy atom. The van der Waals surface area contributed by atoms with Crippen molar-refractivity contribution in [1.29, 1.82) is 0 Å². The van der Waals surface area contributed by atoms with Gasteiger partial charge in [-0.3, -0.25) is 4.79 Å². The van der Waals surface area contributed by atoms with Crippen LogP contribution in [0.1, 0.15) is 35.2 Å². The fourth-order valence-corrected chi connectivity index (χ4v) is 2.40. The molecule has 1 aromatic carbocycles. The second-order valence-electron chi connectivity index (χ2n) is 4.39. The number of hydrogen-bond donors (Lipinski definition) is 0. The number of carbonyl (C=O) groups is 1. The number of halogens is 2. The predicted octanol–water partition coefficient (Wildman–Crippen LogP) is 3.52. The van der Waals surface area contributed by atoms with Gasteiger partial charge in [0.2, 0.25) is 0 Å². The van der Waals surface area contributed by atoms with Crippen molar-refractivity contribution in [2.45, 2.75) is 26.2 Å². The van der Waals surface area contributed by atoms with E-state index in [1.54, 1.807) is 24.0 Å². The molecule has 4 heteroatoms. The third-order valence-corrected chi connectivity index (χ3v) is 4.05. The van der Waals surface area contributed by atoms with Crippen LogP contribution in [0.4, 0.5) is 4.39 Å². The molecule has 2 rings (SSSR count). The number of carbonyl (C=O) groups excluding carboxylic acids is 1. The second-order valence-corrected chi connectivity index (χ2v) is 5.24. The van der Waals surface area contributed by atoms with Crippen LogP contribution < -0.4 is 0 Å². The van der Waals surface area contributed by atoms with Gasteiger partial charge in [0.25, 0.3) is 5.91 Å². The van der Waals surface area contributed by atoms with Gasteiger partial charge in [0, 0.05) is 17.6 Å². The molecule has 0 aromatic heterocycles. The van der Waals surface area contributed by atoms with E-state index in [2.05, 4.69) is 15.9 Å². The Labute approximate surface area is 109 Å². The summed E-state index contributed by atoms with van der Waals surface area (Å²) in [6.45, 7) is 3.16. The smallest absolute Gasteiger partial charge is 0.256 e. The van der Waals surface area contributed by atoms with E-state index in [0.717, 1.165) is 32.4 Å². The van der Waals surface area contributed by atoms with Crippen molar-refractivity contribution in [2.24, 2.45) is 0 Å². The van der Waals surface area contributed by atoms with Crippen LogP contribution >= 0.6 is 15.9 Å². The molecular formula is C13H15BrFNO. The minimum absolute atomic E-state index is 0.183. The first-order valence-corrected chi connectivity index (χ1v) is 6.64. The van der Waals surface area contributed by atoms with Crippen molar-refractivity contribution in [2.75, 3.05) is 13.1 Å². The molecule has 1 aliphatic heterocycles. The Morgan fingerprint density at radius 1 is 1.29 bits per heavy atom. The summed E-state index contributed by atoms with van der Waals surface area (Å²) in [7, 11) is 0.